The molecule has 2 nitrogen and oxygen atoms in total. The van der Waals surface area contributed by atoms with Gasteiger partial charge < -0.3 is 10.4 Å². The Morgan fingerprint density at radius 2 is 1.45 bits per heavy atom. The van der Waals surface area contributed by atoms with Gasteiger partial charge in [0, 0.05) is 12.1 Å². The molecule has 1 unspecified atom stereocenters. The smallest absolute Gasteiger partial charge is 0.0616 e. The SMILES string of the molecule is CCC(CO)(Cc1ccccc1)NCc1ccccc1. The lowest BCUT2D eigenvalue weighted by molar-refractivity contribution is 0.153. The van der Waals surface area contributed by atoms with Crippen molar-refractivity contribution in [3.8, 4) is 0 Å². The molecule has 20 heavy (non-hydrogen) atoms. The first kappa shape index (κ1) is 14.8. The summed E-state index contributed by atoms with van der Waals surface area (Å²) in [6.07, 6.45) is 1.74. The van der Waals surface area contributed by atoms with E-state index in [1.807, 2.05) is 36.4 Å². The zero-order valence-electron chi connectivity index (χ0n) is 12.0. The monoisotopic (exact) mass is 269 g/mol. The summed E-state index contributed by atoms with van der Waals surface area (Å²) in [6, 6.07) is 20.7. The molecule has 2 aromatic rings. The van der Waals surface area contributed by atoms with E-state index in [0.29, 0.717) is 0 Å². The van der Waals surface area contributed by atoms with Crippen molar-refractivity contribution >= 4 is 0 Å². The van der Waals surface area contributed by atoms with Crippen molar-refractivity contribution < 1.29 is 5.11 Å². The van der Waals surface area contributed by atoms with Gasteiger partial charge in [-0.25, -0.2) is 0 Å². The van der Waals surface area contributed by atoms with Crippen LogP contribution in [0.15, 0.2) is 60.7 Å². The van der Waals surface area contributed by atoms with Crippen molar-refractivity contribution in [1.29, 1.82) is 0 Å². The molecule has 0 aliphatic heterocycles. The molecule has 0 saturated heterocycles. The zero-order valence-corrected chi connectivity index (χ0v) is 12.0. The maximum Gasteiger partial charge on any atom is 0.0616 e. The topological polar surface area (TPSA) is 32.3 Å². The Morgan fingerprint density at radius 1 is 0.900 bits per heavy atom. The summed E-state index contributed by atoms with van der Waals surface area (Å²) in [7, 11) is 0. The fourth-order valence-electron chi connectivity index (χ4n) is 2.41. The van der Waals surface area contributed by atoms with Crippen LogP contribution in [0.1, 0.15) is 24.5 Å². The van der Waals surface area contributed by atoms with E-state index < -0.39 is 0 Å². The fourth-order valence-corrected chi connectivity index (χ4v) is 2.41. The standard InChI is InChI=1S/C18H23NO/c1-2-18(15-20,13-16-9-5-3-6-10-16)19-14-17-11-7-4-8-12-17/h3-12,19-20H,2,13-15H2,1H3. The molecule has 2 rings (SSSR count). The molecular weight excluding hydrogens is 246 g/mol. The van der Waals surface area contributed by atoms with E-state index in [4.69, 9.17) is 0 Å². The average Bonchev–Trinajstić information content (AvgIpc) is 2.53. The normalized spacial score (nSPS) is 13.9. The van der Waals surface area contributed by atoms with Gasteiger partial charge in [-0.2, -0.15) is 0 Å². The highest BCUT2D eigenvalue weighted by Gasteiger charge is 2.26. The van der Waals surface area contributed by atoms with Gasteiger partial charge in [0.15, 0.2) is 0 Å². The summed E-state index contributed by atoms with van der Waals surface area (Å²) >= 11 is 0. The van der Waals surface area contributed by atoms with Crippen LogP contribution in [0, 0.1) is 0 Å². The van der Waals surface area contributed by atoms with E-state index >= 15 is 0 Å². The Balaban J connectivity index is 2.05. The van der Waals surface area contributed by atoms with Crippen molar-refractivity contribution in [3.63, 3.8) is 0 Å². The molecule has 0 amide bonds. The third-order valence-corrected chi connectivity index (χ3v) is 3.88. The second-order valence-electron chi connectivity index (χ2n) is 5.29. The van der Waals surface area contributed by atoms with Crippen LogP contribution < -0.4 is 5.32 Å². The second-order valence-corrected chi connectivity index (χ2v) is 5.29. The lowest BCUT2D eigenvalue weighted by Gasteiger charge is -2.32. The zero-order chi connectivity index (χ0) is 14.3. The number of aliphatic hydroxyl groups is 1. The van der Waals surface area contributed by atoms with E-state index in [1.54, 1.807) is 0 Å². The van der Waals surface area contributed by atoms with Gasteiger partial charge in [-0.05, 0) is 24.0 Å². The van der Waals surface area contributed by atoms with Gasteiger partial charge >= 0.3 is 0 Å². The Morgan fingerprint density at radius 3 is 1.95 bits per heavy atom. The first-order valence-corrected chi connectivity index (χ1v) is 7.22. The summed E-state index contributed by atoms with van der Waals surface area (Å²) < 4.78 is 0. The summed E-state index contributed by atoms with van der Waals surface area (Å²) in [5.41, 5.74) is 2.24. The van der Waals surface area contributed by atoms with E-state index in [0.717, 1.165) is 19.4 Å². The van der Waals surface area contributed by atoms with E-state index in [-0.39, 0.29) is 12.1 Å². The number of hydrogen-bond donors (Lipinski definition) is 2. The molecule has 106 valence electrons. The highest BCUT2D eigenvalue weighted by Crippen LogP contribution is 2.18. The van der Waals surface area contributed by atoms with E-state index in [1.165, 1.54) is 11.1 Å². The number of rotatable bonds is 7. The van der Waals surface area contributed by atoms with Crippen LogP contribution in [0.2, 0.25) is 0 Å². The molecule has 0 saturated carbocycles. The summed E-state index contributed by atoms with van der Waals surface area (Å²) in [5.74, 6) is 0. The molecular formula is C18H23NO. The molecule has 0 spiro atoms. The fraction of sp³-hybridized carbons (Fsp3) is 0.333. The number of benzene rings is 2. The van der Waals surface area contributed by atoms with Crippen molar-refractivity contribution in [2.45, 2.75) is 31.8 Å². The van der Waals surface area contributed by atoms with Crippen LogP contribution in [0.3, 0.4) is 0 Å². The minimum absolute atomic E-state index is 0.144. The Bertz CT molecular complexity index is 491. The molecule has 0 bridgehead atoms. The molecule has 2 aromatic carbocycles. The van der Waals surface area contributed by atoms with Gasteiger partial charge in [0.2, 0.25) is 0 Å². The van der Waals surface area contributed by atoms with Crippen LogP contribution >= 0.6 is 0 Å². The Hall–Kier alpha value is -1.64. The lowest BCUT2D eigenvalue weighted by atomic mass is 9.88. The molecule has 2 heteroatoms. The summed E-state index contributed by atoms with van der Waals surface area (Å²) in [6.45, 7) is 3.05. The first-order chi connectivity index (χ1) is 9.78. The van der Waals surface area contributed by atoms with Crippen molar-refractivity contribution in [1.82, 2.24) is 5.32 Å². The maximum absolute atomic E-state index is 9.85. The number of nitrogens with one attached hydrogen (secondary N) is 1. The van der Waals surface area contributed by atoms with Gasteiger partial charge in [0.05, 0.1) is 6.61 Å². The van der Waals surface area contributed by atoms with Gasteiger partial charge in [-0.1, -0.05) is 67.6 Å². The van der Waals surface area contributed by atoms with Gasteiger partial charge in [0.1, 0.15) is 0 Å². The number of aliphatic hydroxyl groups excluding tert-OH is 1. The van der Waals surface area contributed by atoms with E-state index in [2.05, 4.69) is 36.5 Å². The van der Waals surface area contributed by atoms with Gasteiger partial charge in [-0.15, -0.1) is 0 Å². The molecule has 0 aromatic heterocycles. The van der Waals surface area contributed by atoms with Gasteiger partial charge in [-0.3, -0.25) is 0 Å². The number of hydrogen-bond acceptors (Lipinski definition) is 2. The van der Waals surface area contributed by atoms with Crippen molar-refractivity contribution in [3.05, 3.63) is 71.8 Å². The molecule has 0 radical (unpaired) electrons. The highest BCUT2D eigenvalue weighted by molar-refractivity contribution is 5.19. The maximum atomic E-state index is 9.85. The Labute approximate surface area is 121 Å². The minimum atomic E-state index is -0.253. The molecule has 1 atom stereocenters. The van der Waals surface area contributed by atoms with Crippen molar-refractivity contribution in [2.75, 3.05) is 6.61 Å². The molecule has 0 aliphatic rings. The second kappa shape index (κ2) is 7.22. The van der Waals surface area contributed by atoms with Crippen molar-refractivity contribution in [2.24, 2.45) is 0 Å². The molecule has 2 N–H and O–H groups in total. The third-order valence-electron chi connectivity index (χ3n) is 3.88. The van der Waals surface area contributed by atoms with Crippen LogP contribution in [-0.4, -0.2) is 17.3 Å². The van der Waals surface area contributed by atoms with Gasteiger partial charge in [0.25, 0.3) is 0 Å². The quantitative estimate of drug-likeness (QED) is 0.809. The van der Waals surface area contributed by atoms with Crippen LogP contribution in [0.25, 0.3) is 0 Å². The molecule has 0 aliphatic carbocycles. The molecule has 0 fully saturated rings. The first-order valence-electron chi connectivity index (χ1n) is 7.22. The summed E-state index contributed by atoms with van der Waals surface area (Å²) in [5, 5.41) is 13.4. The largest absolute Gasteiger partial charge is 0.394 e. The lowest BCUT2D eigenvalue weighted by Crippen LogP contribution is -2.49. The molecule has 0 heterocycles. The highest BCUT2D eigenvalue weighted by atomic mass is 16.3. The predicted octanol–water partition coefficient (Wildman–Crippen LogP) is 3.16. The summed E-state index contributed by atoms with van der Waals surface area (Å²) in [4.78, 5) is 0. The average molecular weight is 269 g/mol. The van der Waals surface area contributed by atoms with Crippen LogP contribution in [0.4, 0.5) is 0 Å². The predicted molar refractivity (Wildman–Crippen MR) is 83.5 cm³/mol. The van der Waals surface area contributed by atoms with Crippen LogP contribution in [-0.2, 0) is 13.0 Å². The minimum Gasteiger partial charge on any atom is -0.394 e. The van der Waals surface area contributed by atoms with E-state index in [9.17, 15) is 5.11 Å². The Kier molecular flexibility index (Phi) is 5.33. The van der Waals surface area contributed by atoms with Crippen LogP contribution in [0.5, 0.6) is 0 Å². The third kappa shape index (κ3) is 3.92.